The van der Waals surface area contributed by atoms with Crippen LogP contribution in [0, 0.1) is 0 Å². The molecule has 0 heterocycles. The first-order valence-corrected chi connectivity index (χ1v) is 17.7. The van der Waals surface area contributed by atoms with E-state index < -0.39 is 19.8 Å². The zero-order valence-corrected chi connectivity index (χ0v) is 21.1. The summed E-state index contributed by atoms with van der Waals surface area (Å²) in [5, 5.41) is 3.38. The van der Waals surface area contributed by atoms with Gasteiger partial charge in [-0.25, -0.2) is 0 Å². The standard InChI is InChI=1S/C7H8N2.3C7H7.Sn.H/c8-9-6-7-4-2-1-3-5-7;3*1-7-5-3-2-4-6-7;;/h1-6H,8H2;3*2-6H,1H2;;. The van der Waals surface area contributed by atoms with Gasteiger partial charge in [-0.2, -0.15) is 5.10 Å². The summed E-state index contributed by atoms with van der Waals surface area (Å²) in [6.45, 7) is 0. The van der Waals surface area contributed by atoms with E-state index in [1.54, 1.807) is 6.21 Å². The van der Waals surface area contributed by atoms with Gasteiger partial charge in [0.1, 0.15) is 0 Å². The summed E-state index contributed by atoms with van der Waals surface area (Å²) < 4.78 is 4.02. The van der Waals surface area contributed by atoms with Crippen molar-refractivity contribution in [3.63, 3.8) is 0 Å². The van der Waals surface area contributed by atoms with E-state index in [0.29, 0.717) is 0 Å². The summed E-state index contributed by atoms with van der Waals surface area (Å²) >= 11 is -1.70. The zero-order chi connectivity index (χ0) is 21.6. The second-order valence-electron chi connectivity index (χ2n) is 7.62. The molecule has 156 valence electrons. The first-order valence-electron chi connectivity index (χ1n) is 10.7. The molecule has 3 heteroatoms. The molecule has 0 aliphatic rings. The van der Waals surface area contributed by atoms with Crippen molar-refractivity contribution in [1.82, 2.24) is 0 Å². The normalized spacial score (nSPS) is 10.6. The van der Waals surface area contributed by atoms with E-state index in [2.05, 4.69) is 96.1 Å². The summed E-state index contributed by atoms with van der Waals surface area (Å²) in [7, 11) is 0. The van der Waals surface area contributed by atoms with Crippen molar-refractivity contribution >= 4 is 26.0 Å². The topological polar surface area (TPSA) is 38.4 Å². The number of nitrogens with two attached hydrogens (primary N) is 1. The molecular weight excluding hydrogens is 483 g/mol. The first-order chi connectivity index (χ1) is 15.3. The molecule has 0 unspecified atom stereocenters. The van der Waals surface area contributed by atoms with Gasteiger partial charge in [-0.1, -0.05) is 30.3 Å². The minimum atomic E-state index is -1.70. The molecule has 2 N–H and O–H groups in total. The third-order valence-corrected chi connectivity index (χ3v) is 14.1. The van der Waals surface area contributed by atoms with Crippen molar-refractivity contribution in [2.75, 3.05) is 0 Å². The van der Waals surface area contributed by atoms with Crippen molar-refractivity contribution in [3.8, 4) is 0 Å². The number of benzene rings is 4. The Labute approximate surface area is 193 Å². The fourth-order valence-electron chi connectivity index (χ4n) is 3.68. The van der Waals surface area contributed by atoms with Crippen LogP contribution in [0.25, 0.3) is 0 Å². The van der Waals surface area contributed by atoms with Crippen LogP contribution in [0.4, 0.5) is 0 Å². The summed E-state index contributed by atoms with van der Waals surface area (Å²) in [4.78, 5) is 0. The number of nitrogens with zero attached hydrogens (tertiary/aromatic N) is 1. The van der Waals surface area contributed by atoms with Gasteiger partial charge in [0.2, 0.25) is 0 Å². The molecule has 4 aromatic carbocycles. The Hall–Kier alpha value is -2.85. The molecule has 0 aromatic heterocycles. The molecule has 0 bridgehead atoms. The van der Waals surface area contributed by atoms with E-state index in [1.807, 2.05) is 30.3 Å². The number of hydrazone groups is 1. The zero-order valence-electron chi connectivity index (χ0n) is 17.8. The molecule has 4 rings (SSSR count). The second kappa shape index (κ2) is 13.5. The average Bonchev–Trinajstić information content (AvgIpc) is 2.82. The maximum absolute atomic E-state index is 4.93. The van der Waals surface area contributed by atoms with Crippen molar-refractivity contribution in [2.24, 2.45) is 10.9 Å². The van der Waals surface area contributed by atoms with E-state index in [1.165, 1.54) is 30.0 Å². The minimum absolute atomic E-state index is 1.03. The van der Waals surface area contributed by atoms with Gasteiger partial charge in [0.15, 0.2) is 0 Å². The molecule has 0 spiro atoms. The van der Waals surface area contributed by atoms with Crippen LogP contribution in [0.15, 0.2) is 126 Å². The van der Waals surface area contributed by atoms with Crippen LogP contribution < -0.4 is 5.84 Å². The molecule has 0 aliphatic heterocycles. The van der Waals surface area contributed by atoms with Gasteiger partial charge >= 0.3 is 141 Å². The van der Waals surface area contributed by atoms with Crippen LogP contribution in [0.3, 0.4) is 0 Å². The predicted molar refractivity (Wildman–Crippen MR) is 136 cm³/mol. The Bertz CT molecular complexity index is 905. The quantitative estimate of drug-likeness (QED) is 0.150. The molecule has 2 nitrogen and oxygen atoms in total. The monoisotopic (exact) mass is 514 g/mol. The van der Waals surface area contributed by atoms with E-state index >= 15 is 0 Å². The number of hydrogen-bond donors (Lipinski definition) is 1. The Morgan fingerprint density at radius 1 is 0.516 bits per heavy atom. The van der Waals surface area contributed by atoms with Crippen molar-refractivity contribution < 1.29 is 0 Å². The van der Waals surface area contributed by atoms with Gasteiger partial charge in [-0.3, -0.25) is 0 Å². The Morgan fingerprint density at radius 3 is 1.16 bits per heavy atom. The fourth-order valence-corrected chi connectivity index (χ4v) is 13.0. The Morgan fingerprint density at radius 2 is 0.839 bits per heavy atom. The summed E-state index contributed by atoms with van der Waals surface area (Å²) in [6, 6.07) is 42.8. The molecular formula is C28H30N2Sn. The summed E-state index contributed by atoms with van der Waals surface area (Å²) in [6.07, 6.45) is 1.61. The molecule has 31 heavy (non-hydrogen) atoms. The molecule has 0 radical (unpaired) electrons. The Balaban J connectivity index is 0.000000254. The van der Waals surface area contributed by atoms with Crippen LogP contribution in [0.1, 0.15) is 22.3 Å². The van der Waals surface area contributed by atoms with Gasteiger partial charge in [-0.05, 0) is 5.56 Å². The van der Waals surface area contributed by atoms with Gasteiger partial charge in [-0.15, -0.1) is 0 Å². The van der Waals surface area contributed by atoms with Crippen LogP contribution in [-0.4, -0.2) is 26.0 Å². The van der Waals surface area contributed by atoms with Crippen molar-refractivity contribution in [1.29, 1.82) is 0 Å². The second-order valence-corrected chi connectivity index (χ2v) is 16.1. The fraction of sp³-hybridized carbons (Fsp3) is 0.107. The number of hydrogen-bond acceptors (Lipinski definition) is 2. The van der Waals surface area contributed by atoms with Crippen LogP contribution in [-0.2, 0) is 13.3 Å². The maximum atomic E-state index is 4.93. The first kappa shape index (κ1) is 22.8. The molecule has 4 aromatic rings. The molecule has 0 atom stereocenters. The van der Waals surface area contributed by atoms with Crippen LogP contribution in [0.5, 0.6) is 0 Å². The van der Waals surface area contributed by atoms with Gasteiger partial charge in [0.05, 0.1) is 6.21 Å². The number of rotatable bonds is 7. The van der Waals surface area contributed by atoms with Gasteiger partial charge in [0, 0.05) is 0 Å². The average molecular weight is 513 g/mol. The molecule has 0 saturated heterocycles. The molecule has 0 amide bonds. The molecule has 0 saturated carbocycles. The summed E-state index contributed by atoms with van der Waals surface area (Å²) in [5.74, 6) is 4.93. The van der Waals surface area contributed by atoms with Crippen molar-refractivity contribution in [3.05, 3.63) is 144 Å². The summed E-state index contributed by atoms with van der Waals surface area (Å²) in [5.41, 5.74) is 5.60. The van der Waals surface area contributed by atoms with Crippen LogP contribution in [0.2, 0.25) is 0 Å². The van der Waals surface area contributed by atoms with E-state index in [4.69, 9.17) is 5.84 Å². The van der Waals surface area contributed by atoms with Gasteiger partial charge < -0.3 is 5.84 Å². The van der Waals surface area contributed by atoms with Crippen LogP contribution >= 0.6 is 0 Å². The predicted octanol–water partition coefficient (Wildman–Crippen LogP) is 5.54. The van der Waals surface area contributed by atoms with E-state index in [9.17, 15) is 0 Å². The third-order valence-electron chi connectivity index (χ3n) is 5.12. The molecule has 0 aliphatic carbocycles. The van der Waals surface area contributed by atoms with E-state index in [0.717, 1.165) is 5.56 Å². The SMILES string of the molecule is NN=Cc1ccccc1.c1ccc([CH2][SnH]([CH2]c2ccccc2)[CH2]c2ccccc2)cc1. The molecule has 0 fully saturated rings. The van der Waals surface area contributed by atoms with E-state index in [-0.39, 0.29) is 0 Å². The third kappa shape index (κ3) is 8.81. The van der Waals surface area contributed by atoms with Gasteiger partial charge in [0.25, 0.3) is 0 Å². The van der Waals surface area contributed by atoms with Crippen molar-refractivity contribution in [2.45, 2.75) is 13.3 Å². The Kier molecular flexibility index (Phi) is 9.90.